The number of fused-ring (bicyclic) bond motifs is 1. The highest BCUT2D eigenvalue weighted by atomic mass is 16.1. The van der Waals surface area contributed by atoms with Crippen molar-refractivity contribution in [3.8, 4) is 0 Å². The first kappa shape index (κ1) is 12.9. The lowest BCUT2D eigenvalue weighted by Gasteiger charge is -2.35. The highest BCUT2D eigenvalue weighted by Gasteiger charge is 2.34. The van der Waals surface area contributed by atoms with Crippen LogP contribution in [0.3, 0.4) is 0 Å². The average Bonchev–Trinajstić information content (AvgIpc) is 2.71. The van der Waals surface area contributed by atoms with Crippen molar-refractivity contribution in [3.05, 3.63) is 23.5 Å². The fourth-order valence-corrected chi connectivity index (χ4v) is 3.67. The van der Waals surface area contributed by atoms with Crippen LogP contribution in [0.2, 0.25) is 0 Å². The molecule has 3 rings (SSSR count). The fraction of sp³-hybridized carbons (Fsp3) is 0.688. The van der Waals surface area contributed by atoms with Crippen LogP contribution in [0.15, 0.2) is 12.3 Å². The first-order chi connectivity index (χ1) is 8.96. The van der Waals surface area contributed by atoms with Gasteiger partial charge in [-0.15, -0.1) is 0 Å². The van der Waals surface area contributed by atoms with Crippen LogP contribution in [-0.4, -0.2) is 35.4 Å². The molecule has 1 aliphatic heterocycles. The van der Waals surface area contributed by atoms with Gasteiger partial charge < -0.3 is 9.47 Å². The normalized spacial score (nSPS) is 27.3. The number of Topliss-reactive ketones (excluding diaryl/α,β-unsaturated/α-hetero) is 1. The lowest BCUT2D eigenvalue weighted by Crippen LogP contribution is -2.35. The third-order valence-corrected chi connectivity index (χ3v) is 4.60. The number of carbonyl (C=O) groups is 1. The van der Waals surface area contributed by atoms with Gasteiger partial charge in [-0.25, -0.2) is 0 Å². The smallest absolute Gasteiger partial charge is 0.165 e. The van der Waals surface area contributed by atoms with Gasteiger partial charge in [-0.1, -0.05) is 13.8 Å². The Morgan fingerprint density at radius 3 is 2.84 bits per heavy atom. The van der Waals surface area contributed by atoms with Crippen molar-refractivity contribution in [3.63, 3.8) is 0 Å². The number of nitrogens with zero attached hydrogens (tertiary/aromatic N) is 2. The summed E-state index contributed by atoms with van der Waals surface area (Å²) in [6.45, 7) is 6.72. The number of carbonyl (C=O) groups excluding carboxylic acids is 1. The fourth-order valence-electron chi connectivity index (χ4n) is 3.67. The summed E-state index contributed by atoms with van der Waals surface area (Å²) in [5, 5.41) is 0. The van der Waals surface area contributed by atoms with Crippen molar-refractivity contribution in [1.82, 2.24) is 9.47 Å². The van der Waals surface area contributed by atoms with Crippen LogP contribution in [0.1, 0.15) is 55.2 Å². The van der Waals surface area contributed by atoms with E-state index >= 15 is 0 Å². The summed E-state index contributed by atoms with van der Waals surface area (Å²) in [5.74, 6) is 0.328. The number of ketones is 1. The van der Waals surface area contributed by atoms with E-state index < -0.39 is 0 Å². The molecule has 0 amide bonds. The molecule has 2 heterocycles. The molecule has 1 aromatic heterocycles. The summed E-state index contributed by atoms with van der Waals surface area (Å²) >= 11 is 0. The molecule has 0 aromatic carbocycles. The predicted molar refractivity (Wildman–Crippen MR) is 76.6 cm³/mol. The van der Waals surface area contributed by atoms with E-state index in [1.807, 2.05) is 6.07 Å². The molecule has 0 saturated carbocycles. The maximum absolute atomic E-state index is 12.2. The van der Waals surface area contributed by atoms with Crippen LogP contribution in [0, 0.1) is 5.41 Å². The second-order valence-corrected chi connectivity index (χ2v) is 7.08. The van der Waals surface area contributed by atoms with Gasteiger partial charge in [0.05, 0.1) is 0 Å². The minimum absolute atomic E-state index is 0.112. The SMILES string of the molecule is CN1CCCC(n2ccc3c2CC(C)(C)CC3=O)C1. The van der Waals surface area contributed by atoms with Crippen LogP contribution in [0.4, 0.5) is 0 Å². The van der Waals surface area contributed by atoms with Gasteiger partial charge in [-0.2, -0.15) is 0 Å². The van der Waals surface area contributed by atoms with Crippen LogP contribution in [0.5, 0.6) is 0 Å². The molecular formula is C16H24N2O. The van der Waals surface area contributed by atoms with E-state index in [9.17, 15) is 4.79 Å². The highest BCUT2D eigenvalue weighted by molar-refractivity contribution is 5.98. The molecule has 0 bridgehead atoms. The first-order valence-electron chi connectivity index (χ1n) is 7.38. The van der Waals surface area contributed by atoms with E-state index in [0.29, 0.717) is 18.2 Å². The van der Waals surface area contributed by atoms with E-state index in [-0.39, 0.29) is 5.41 Å². The molecule has 3 heteroatoms. The molecule has 0 N–H and O–H groups in total. The monoisotopic (exact) mass is 260 g/mol. The molecule has 2 aliphatic rings. The van der Waals surface area contributed by atoms with Crippen LogP contribution in [-0.2, 0) is 6.42 Å². The van der Waals surface area contributed by atoms with Gasteiger partial charge in [0.1, 0.15) is 0 Å². The molecule has 1 atom stereocenters. The summed E-state index contributed by atoms with van der Waals surface area (Å²) in [6, 6.07) is 2.59. The molecule has 1 unspecified atom stereocenters. The second-order valence-electron chi connectivity index (χ2n) is 7.08. The third kappa shape index (κ3) is 2.36. The number of piperidine rings is 1. The van der Waals surface area contributed by atoms with E-state index in [1.165, 1.54) is 25.1 Å². The van der Waals surface area contributed by atoms with Crippen LogP contribution in [0.25, 0.3) is 0 Å². The summed E-state index contributed by atoms with van der Waals surface area (Å²) < 4.78 is 2.39. The Morgan fingerprint density at radius 1 is 1.32 bits per heavy atom. The largest absolute Gasteiger partial charge is 0.346 e. The third-order valence-electron chi connectivity index (χ3n) is 4.60. The highest BCUT2D eigenvalue weighted by Crippen LogP contribution is 2.37. The Labute approximate surface area is 115 Å². The minimum atomic E-state index is 0.112. The van der Waals surface area contributed by atoms with Crippen molar-refractivity contribution in [2.75, 3.05) is 20.1 Å². The first-order valence-corrected chi connectivity index (χ1v) is 7.38. The Morgan fingerprint density at radius 2 is 2.11 bits per heavy atom. The molecule has 104 valence electrons. The van der Waals surface area contributed by atoms with Gasteiger partial charge in [0.15, 0.2) is 5.78 Å². The summed E-state index contributed by atoms with van der Waals surface area (Å²) in [4.78, 5) is 14.6. The maximum atomic E-state index is 12.2. The van der Waals surface area contributed by atoms with Gasteiger partial charge >= 0.3 is 0 Å². The number of likely N-dealkylation sites (tertiary alicyclic amines) is 1. The molecule has 1 saturated heterocycles. The molecule has 1 aromatic rings. The zero-order valence-electron chi connectivity index (χ0n) is 12.3. The van der Waals surface area contributed by atoms with Crippen molar-refractivity contribution < 1.29 is 4.79 Å². The molecule has 0 radical (unpaired) electrons. The zero-order chi connectivity index (χ0) is 13.6. The Hall–Kier alpha value is -1.09. The lowest BCUT2D eigenvalue weighted by atomic mass is 9.76. The predicted octanol–water partition coefficient (Wildman–Crippen LogP) is 2.91. The van der Waals surface area contributed by atoms with Gasteiger partial charge in [-0.05, 0) is 44.3 Å². The van der Waals surface area contributed by atoms with E-state index in [0.717, 1.165) is 18.5 Å². The maximum Gasteiger partial charge on any atom is 0.165 e. The number of hydrogen-bond acceptors (Lipinski definition) is 2. The molecule has 19 heavy (non-hydrogen) atoms. The standard InChI is InChI=1S/C16H24N2O/c1-16(2)9-14-13(15(19)10-16)6-8-18(14)12-5-4-7-17(3)11-12/h6,8,12H,4-5,7,9-11H2,1-3H3. The van der Waals surface area contributed by atoms with Gasteiger partial charge in [0, 0.05) is 36.5 Å². The van der Waals surface area contributed by atoms with E-state index in [2.05, 4.69) is 36.6 Å². The topological polar surface area (TPSA) is 25.2 Å². The minimum Gasteiger partial charge on any atom is -0.346 e. The van der Waals surface area contributed by atoms with Gasteiger partial charge in [0.25, 0.3) is 0 Å². The molecule has 0 spiro atoms. The molecule has 3 nitrogen and oxygen atoms in total. The number of aromatic nitrogens is 1. The Bertz CT molecular complexity index is 501. The quantitative estimate of drug-likeness (QED) is 0.775. The van der Waals surface area contributed by atoms with E-state index in [1.54, 1.807) is 0 Å². The van der Waals surface area contributed by atoms with Crippen molar-refractivity contribution in [1.29, 1.82) is 0 Å². The van der Waals surface area contributed by atoms with E-state index in [4.69, 9.17) is 0 Å². The number of likely N-dealkylation sites (N-methyl/N-ethyl adjacent to an activating group) is 1. The average molecular weight is 260 g/mol. The summed E-state index contributed by atoms with van der Waals surface area (Å²) in [6.07, 6.45) is 6.36. The number of rotatable bonds is 1. The zero-order valence-corrected chi connectivity index (χ0v) is 12.3. The molecular weight excluding hydrogens is 236 g/mol. The van der Waals surface area contributed by atoms with Gasteiger partial charge in [0.2, 0.25) is 0 Å². The van der Waals surface area contributed by atoms with Crippen molar-refractivity contribution in [2.24, 2.45) is 5.41 Å². The second kappa shape index (κ2) is 4.48. The number of hydrogen-bond donors (Lipinski definition) is 0. The Kier molecular flexibility index (Phi) is 3.05. The summed E-state index contributed by atoms with van der Waals surface area (Å²) in [5.41, 5.74) is 2.37. The van der Waals surface area contributed by atoms with Crippen LogP contribution >= 0.6 is 0 Å². The molecule has 1 aliphatic carbocycles. The van der Waals surface area contributed by atoms with Crippen molar-refractivity contribution >= 4 is 5.78 Å². The van der Waals surface area contributed by atoms with Gasteiger partial charge in [-0.3, -0.25) is 4.79 Å². The van der Waals surface area contributed by atoms with Crippen molar-refractivity contribution in [2.45, 2.75) is 45.6 Å². The Balaban J connectivity index is 1.94. The lowest BCUT2D eigenvalue weighted by molar-refractivity contribution is 0.0908. The molecule has 1 fully saturated rings. The summed E-state index contributed by atoms with van der Waals surface area (Å²) in [7, 11) is 2.19. The van der Waals surface area contributed by atoms with Crippen LogP contribution < -0.4 is 0 Å².